The van der Waals surface area contributed by atoms with Gasteiger partial charge in [0.1, 0.15) is 5.75 Å². The maximum Gasteiger partial charge on any atom is 0.488 e. The molecule has 1 aromatic carbocycles. The van der Waals surface area contributed by atoms with Gasteiger partial charge in [0.15, 0.2) is 0 Å². The second-order valence-electron chi connectivity index (χ2n) is 3.86. The summed E-state index contributed by atoms with van der Waals surface area (Å²) in [6.07, 6.45) is -2.98. The quantitative estimate of drug-likeness (QED) is 0.625. The Morgan fingerprint density at radius 1 is 1.22 bits per heavy atom. The molecular weight excluding hydrogens is 248 g/mol. The fourth-order valence-electron chi connectivity index (χ4n) is 1.35. The van der Waals surface area contributed by atoms with E-state index >= 15 is 0 Å². The van der Waals surface area contributed by atoms with Gasteiger partial charge < -0.3 is 14.8 Å². The van der Waals surface area contributed by atoms with Crippen LogP contribution in [0.5, 0.6) is 5.75 Å². The van der Waals surface area contributed by atoms with Crippen LogP contribution < -0.4 is 10.2 Å². The molecule has 1 aromatic rings. The molecule has 1 rings (SSSR count). The van der Waals surface area contributed by atoms with E-state index in [1.54, 1.807) is 0 Å². The molecule has 0 heterocycles. The number of hydrogen-bond acceptors (Lipinski definition) is 3. The summed E-state index contributed by atoms with van der Waals surface area (Å²) in [6.45, 7) is 2.22. The first-order valence-electron chi connectivity index (χ1n) is 5.55. The van der Waals surface area contributed by atoms with Gasteiger partial charge in [0, 0.05) is 0 Å². The fraction of sp³-hybridized carbons (Fsp3) is 0.455. The Morgan fingerprint density at radius 2 is 1.89 bits per heavy atom. The number of hydrogen-bond donors (Lipinski definition) is 2. The van der Waals surface area contributed by atoms with Gasteiger partial charge >= 0.3 is 13.3 Å². The standard InChI is InChI=1S/C11H14BF3O3/c1-2-3-4-18-10-6-8(11(13,14)15)5-9(7-10)12(16)17/h5-7,16-17H,2-4H2,1H3. The van der Waals surface area contributed by atoms with Crippen molar-refractivity contribution >= 4 is 12.6 Å². The van der Waals surface area contributed by atoms with Gasteiger partial charge in [-0.15, -0.1) is 0 Å². The Labute approximate surface area is 103 Å². The summed E-state index contributed by atoms with van der Waals surface area (Å²) in [4.78, 5) is 0. The molecule has 3 nitrogen and oxygen atoms in total. The second kappa shape index (κ2) is 6.11. The summed E-state index contributed by atoms with van der Waals surface area (Å²) >= 11 is 0. The van der Waals surface area contributed by atoms with E-state index in [-0.39, 0.29) is 11.2 Å². The van der Waals surface area contributed by atoms with Gasteiger partial charge in [0.05, 0.1) is 12.2 Å². The van der Waals surface area contributed by atoms with Crippen molar-refractivity contribution in [3.63, 3.8) is 0 Å². The van der Waals surface area contributed by atoms with Gasteiger partial charge in [0.2, 0.25) is 0 Å². The SMILES string of the molecule is CCCCOc1cc(B(O)O)cc(C(F)(F)F)c1. The Kier molecular flexibility index (Phi) is 5.04. The van der Waals surface area contributed by atoms with E-state index < -0.39 is 18.9 Å². The zero-order chi connectivity index (χ0) is 13.8. The predicted octanol–water partition coefficient (Wildman–Crippen LogP) is 1.56. The maximum atomic E-state index is 12.6. The van der Waals surface area contributed by atoms with Crippen LogP contribution in [0, 0.1) is 0 Å². The molecule has 0 aliphatic rings. The average Bonchev–Trinajstić information content (AvgIpc) is 2.28. The molecule has 7 heteroatoms. The number of ether oxygens (including phenoxy) is 1. The average molecular weight is 262 g/mol. The van der Waals surface area contributed by atoms with Crippen LogP contribution in [0.2, 0.25) is 0 Å². The van der Waals surface area contributed by atoms with Crippen LogP contribution in [0.15, 0.2) is 18.2 Å². The smallest absolute Gasteiger partial charge is 0.488 e. The van der Waals surface area contributed by atoms with Crippen molar-refractivity contribution in [2.75, 3.05) is 6.61 Å². The Bertz CT molecular complexity index is 394. The van der Waals surface area contributed by atoms with E-state index in [2.05, 4.69) is 0 Å². The first kappa shape index (κ1) is 14.9. The monoisotopic (exact) mass is 262 g/mol. The topological polar surface area (TPSA) is 49.7 Å². The van der Waals surface area contributed by atoms with Crippen LogP contribution in [0.25, 0.3) is 0 Å². The molecule has 0 saturated heterocycles. The first-order chi connectivity index (χ1) is 8.34. The zero-order valence-corrected chi connectivity index (χ0v) is 9.87. The third-order valence-electron chi connectivity index (χ3n) is 2.32. The van der Waals surface area contributed by atoms with Gasteiger partial charge in [-0.25, -0.2) is 0 Å². The second-order valence-corrected chi connectivity index (χ2v) is 3.86. The van der Waals surface area contributed by atoms with Crippen molar-refractivity contribution in [2.45, 2.75) is 25.9 Å². The molecule has 0 atom stereocenters. The molecule has 2 N–H and O–H groups in total. The van der Waals surface area contributed by atoms with E-state index in [0.29, 0.717) is 19.1 Å². The molecule has 0 aliphatic heterocycles. The van der Waals surface area contributed by atoms with Gasteiger partial charge in [0.25, 0.3) is 0 Å². The van der Waals surface area contributed by atoms with Gasteiger partial charge in [-0.05, 0) is 30.1 Å². The molecule has 0 spiro atoms. The molecule has 100 valence electrons. The van der Waals surface area contributed by atoms with Gasteiger partial charge in [-0.3, -0.25) is 0 Å². The summed E-state index contributed by atoms with van der Waals surface area (Å²) in [5, 5.41) is 17.9. The van der Waals surface area contributed by atoms with Crippen molar-refractivity contribution in [3.05, 3.63) is 23.8 Å². The van der Waals surface area contributed by atoms with Crippen LogP contribution >= 0.6 is 0 Å². The van der Waals surface area contributed by atoms with Gasteiger partial charge in [-0.2, -0.15) is 13.2 Å². The van der Waals surface area contributed by atoms with Crippen LogP contribution in [-0.4, -0.2) is 23.8 Å². The number of alkyl halides is 3. The van der Waals surface area contributed by atoms with Crippen LogP contribution in [-0.2, 0) is 6.18 Å². The molecule has 0 unspecified atom stereocenters. The molecular formula is C11H14BF3O3. The highest BCUT2D eigenvalue weighted by atomic mass is 19.4. The zero-order valence-electron chi connectivity index (χ0n) is 9.87. The molecule has 0 aromatic heterocycles. The number of halogens is 3. The summed E-state index contributed by atoms with van der Waals surface area (Å²) in [6, 6.07) is 2.73. The van der Waals surface area contributed by atoms with Crippen molar-refractivity contribution in [2.24, 2.45) is 0 Å². The number of benzene rings is 1. The maximum absolute atomic E-state index is 12.6. The molecule has 18 heavy (non-hydrogen) atoms. The number of unbranched alkanes of at least 4 members (excludes halogenated alkanes) is 1. The minimum atomic E-state index is -4.55. The number of rotatable bonds is 5. The third kappa shape index (κ3) is 4.23. The largest absolute Gasteiger partial charge is 0.494 e. The fourth-order valence-corrected chi connectivity index (χ4v) is 1.35. The molecule has 0 aliphatic carbocycles. The van der Waals surface area contributed by atoms with Crippen molar-refractivity contribution in [1.82, 2.24) is 0 Å². The van der Waals surface area contributed by atoms with E-state index in [1.807, 2.05) is 6.92 Å². The van der Waals surface area contributed by atoms with Crippen LogP contribution in [0.1, 0.15) is 25.3 Å². The third-order valence-corrected chi connectivity index (χ3v) is 2.32. The Hall–Kier alpha value is -1.21. The lowest BCUT2D eigenvalue weighted by molar-refractivity contribution is -0.137. The summed E-state index contributed by atoms with van der Waals surface area (Å²) < 4.78 is 42.9. The summed E-state index contributed by atoms with van der Waals surface area (Å²) in [5.74, 6) is -0.0126. The highest BCUT2D eigenvalue weighted by Crippen LogP contribution is 2.30. The predicted molar refractivity (Wildman–Crippen MR) is 61.7 cm³/mol. The van der Waals surface area contributed by atoms with E-state index in [4.69, 9.17) is 14.8 Å². The van der Waals surface area contributed by atoms with Crippen molar-refractivity contribution in [1.29, 1.82) is 0 Å². The first-order valence-corrected chi connectivity index (χ1v) is 5.55. The summed E-state index contributed by atoms with van der Waals surface area (Å²) in [5.41, 5.74) is -1.20. The Balaban J connectivity index is 2.99. The molecule has 0 saturated carbocycles. The lowest BCUT2D eigenvalue weighted by Crippen LogP contribution is -2.31. The molecule has 0 amide bonds. The highest BCUT2D eigenvalue weighted by Gasteiger charge is 2.32. The molecule has 0 radical (unpaired) electrons. The Morgan fingerprint density at radius 3 is 2.39 bits per heavy atom. The summed E-state index contributed by atoms with van der Waals surface area (Å²) in [7, 11) is -1.96. The van der Waals surface area contributed by atoms with E-state index in [0.717, 1.165) is 12.5 Å². The highest BCUT2D eigenvalue weighted by molar-refractivity contribution is 6.58. The lowest BCUT2D eigenvalue weighted by Gasteiger charge is -2.12. The van der Waals surface area contributed by atoms with Crippen molar-refractivity contribution < 1.29 is 28.0 Å². The normalized spacial score (nSPS) is 11.4. The van der Waals surface area contributed by atoms with Crippen LogP contribution in [0.3, 0.4) is 0 Å². The minimum absolute atomic E-state index is 0.0126. The molecule has 0 fully saturated rings. The van der Waals surface area contributed by atoms with E-state index in [1.165, 1.54) is 6.07 Å². The van der Waals surface area contributed by atoms with Crippen LogP contribution in [0.4, 0.5) is 13.2 Å². The molecule has 0 bridgehead atoms. The van der Waals surface area contributed by atoms with Crippen molar-refractivity contribution in [3.8, 4) is 5.75 Å². The van der Waals surface area contributed by atoms with E-state index in [9.17, 15) is 13.2 Å². The van der Waals surface area contributed by atoms with Gasteiger partial charge in [-0.1, -0.05) is 13.3 Å². The lowest BCUT2D eigenvalue weighted by atomic mass is 9.79. The minimum Gasteiger partial charge on any atom is -0.494 e.